The van der Waals surface area contributed by atoms with Gasteiger partial charge in [0.15, 0.2) is 0 Å². The second-order valence-corrected chi connectivity index (χ2v) is 4.61. The van der Waals surface area contributed by atoms with E-state index < -0.39 is 5.54 Å². The lowest BCUT2D eigenvalue weighted by Gasteiger charge is -2.31. The maximum Gasteiger partial charge on any atom is 0.238 e. The van der Waals surface area contributed by atoms with E-state index in [0.29, 0.717) is 0 Å². The van der Waals surface area contributed by atoms with E-state index >= 15 is 0 Å². The van der Waals surface area contributed by atoms with Gasteiger partial charge in [0.05, 0.1) is 0 Å². The minimum absolute atomic E-state index is 0.247. The average Bonchev–Trinajstić information content (AvgIpc) is 2.67. The van der Waals surface area contributed by atoms with Crippen molar-refractivity contribution in [2.24, 2.45) is 5.73 Å². The Morgan fingerprint density at radius 3 is 2.53 bits per heavy atom. The fourth-order valence-corrected chi connectivity index (χ4v) is 2.01. The normalized spacial score (nSPS) is 21.5. The number of likely N-dealkylation sites (tertiary alicyclic amines) is 1. The molecule has 1 atom stereocenters. The number of carbonyl (C=O) groups excluding carboxylic acids is 1. The van der Waals surface area contributed by atoms with Crippen molar-refractivity contribution < 1.29 is 4.79 Å². The van der Waals surface area contributed by atoms with Crippen LogP contribution < -0.4 is 11.1 Å². The van der Waals surface area contributed by atoms with E-state index in [2.05, 4.69) is 17.1 Å². The molecular weight excluding hydrogens is 190 g/mol. The maximum atomic E-state index is 11.4. The highest BCUT2D eigenvalue weighted by Gasteiger charge is 2.33. The fourth-order valence-electron chi connectivity index (χ4n) is 2.01. The van der Waals surface area contributed by atoms with Crippen LogP contribution in [0.15, 0.2) is 0 Å². The zero-order valence-corrected chi connectivity index (χ0v) is 9.88. The third-order valence-corrected chi connectivity index (χ3v) is 3.05. The molecule has 0 aromatic heterocycles. The van der Waals surface area contributed by atoms with E-state index in [-0.39, 0.29) is 5.91 Å². The van der Waals surface area contributed by atoms with Crippen LogP contribution in [-0.4, -0.2) is 42.5 Å². The van der Waals surface area contributed by atoms with Crippen molar-refractivity contribution in [3.8, 4) is 0 Å². The first-order chi connectivity index (χ1) is 7.08. The molecule has 1 fully saturated rings. The van der Waals surface area contributed by atoms with Gasteiger partial charge in [-0.1, -0.05) is 6.92 Å². The number of nitrogens with two attached hydrogens (primary N) is 1. The standard InChI is InChI=1S/C11H23N3O/c1-3-6-13-11(2,10(12)15)9-14-7-4-5-8-14/h13H,3-9H2,1-2H3,(H2,12,15). The van der Waals surface area contributed by atoms with Gasteiger partial charge in [-0.05, 0) is 45.8 Å². The first-order valence-electron chi connectivity index (χ1n) is 5.86. The molecule has 1 saturated heterocycles. The monoisotopic (exact) mass is 213 g/mol. The molecule has 15 heavy (non-hydrogen) atoms. The Kier molecular flexibility index (Phi) is 4.54. The van der Waals surface area contributed by atoms with Crippen molar-refractivity contribution in [1.29, 1.82) is 0 Å². The van der Waals surface area contributed by atoms with E-state index in [0.717, 1.165) is 32.6 Å². The third-order valence-electron chi connectivity index (χ3n) is 3.05. The summed E-state index contributed by atoms with van der Waals surface area (Å²) in [4.78, 5) is 13.8. The maximum absolute atomic E-state index is 11.4. The Morgan fingerprint density at radius 2 is 2.07 bits per heavy atom. The second-order valence-electron chi connectivity index (χ2n) is 4.61. The molecule has 1 unspecified atom stereocenters. The van der Waals surface area contributed by atoms with Crippen LogP contribution in [0, 0.1) is 0 Å². The van der Waals surface area contributed by atoms with Crippen LogP contribution in [-0.2, 0) is 4.79 Å². The van der Waals surface area contributed by atoms with E-state index in [9.17, 15) is 4.79 Å². The molecular formula is C11H23N3O. The van der Waals surface area contributed by atoms with E-state index in [4.69, 9.17) is 5.73 Å². The lowest BCUT2D eigenvalue weighted by atomic mass is 10.0. The highest BCUT2D eigenvalue weighted by Crippen LogP contribution is 2.13. The van der Waals surface area contributed by atoms with Crippen molar-refractivity contribution >= 4 is 5.91 Å². The molecule has 1 heterocycles. The van der Waals surface area contributed by atoms with Crippen LogP contribution in [0.3, 0.4) is 0 Å². The summed E-state index contributed by atoms with van der Waals surface area (Å²) < 4.78 is 0. The Bertz CT molecular complexity index is 214. The van der Waals surface area contributed by atoms with Crippen LogP contribution in [0.4, 0.5) is 0 Å². The molecule has 1 rings (SSSR count). The molecule has 0 aliphatic carbocycles. The predicted molar refractivity (Wildman–Crippen MR) is 61.6 cm³/mol. The number of carbonyl (C=O) groups is 1. The molecule has 0 bridgehead atoms. The van der Waals surface area contributed by atoms with E-state index in [1.165, 1.54) is 12.8 Å². The van der Waals surface area contributed by atoms with Crippen molar-refractivity contribution in [3.05, 3.63) is 0 Å². The topological polar surface area (TPSA) is 58.4 Å². The predicted octanol–water partition coefficient (Wildman–Crippen LogP) is 0.326. The molecule has 0 radical (unpaired) electrons. The Labute approximate surface area is 92.2 Å². The van der Waals surface area contributed by atoms with Gasteiger partial charge in [0, 0.05) is 6.54 Å². The Morgan fingerprint density at radius 1 is 1.47 bits per heavy atom. The molecule has 0 saturated carbocycles. The first-order valence-corrected chi connectivity index (χ1v) is 5.86. The smallest absolute Gasteiger partial charge is 0.238 e. The summed E-state index contributed by atoms with van der Waals surface area (Å²) in [7, 11) is 0. The SMILES string of the molecule is CCCNC(C)(CN1CCCC1)C(N)=O. The van der Waals surface area contributed by atoms with Crippen molar-refractivity contribution in [1.82, 2.24) is 10.2 Å². The molecule has 1 aliphatic rings. The molecule has 0 aromatic rings. The molecule has 1 aliphatic heterocycles. The summed E-state index contributed by atoms with van der Waals surface area (Å²) in [6.07, 6.45) is 3.49. The average molecular weight is 213 g/mol. The fraction of sp³-hybridized carbons (Fsp3) is 0.909. The van der Waals surface area contributed by atoms with Gasteiger partial charge >= 0.3 is 0 Å². The molecule has 0 aromatic carbocycles. The first kappa shape index (κ1) is 12.5. The van der Waals surface area contributed by atoms with Crippen LogP contribution in [0.25, 0.3) is 0 Å². The second kappa shape index (κ2) is 5.47. The number of primary amides is 1. The van der Waals surface area contributed by atoms with Crippen LogP contribution in [0.5, 0.6) is 0 Å². The molecule has 0 spiro atoms. The number of rotatable bonds is 6. The summed E-state index contributed by atoms with van der Waals surface area (Å²) in [5.74, 6) is -0.247. The zero-order valence-electron chi connectivity index (χ0n) is 9.88. The van der Waals surface area contributed by atoms with E-state index in [1.54, 1.807) is 0 Å². The van der Waals surface area contributed by atoms with Crippen LogP contribution >= 0.6 is 0 Å². The minimum atomic E-state index is -0.569. The summed E-state index contributed by atoms with van der Waals surface area (Å²) in [5, 5.41) is 3.26. The quantitative estimate of drug-likeness (QED) is 0.668. The van der Waals surface area contributed by atoms with Crippen LogP contribution in [0.1, 0.15) is 33.1 Å². The summed E-state index contributed by atoms with van der Waals surface area (Å²) in [6.45, 7) is 7.76. The summed E-state index contributed by atoms with van der Waals surface area (Å²) in [6, 6.07) is 0. The lowest BCUT2D eigenvalue weighted by Crippen LogP contribution is -2.59. The van der Waals surface area contributed by atoms with Gasteiger partial charge in [0.1, 0.15) is 5.54 Å². The van der Waals surface area contributed by atoms with Gasteiger partial charge in [0.2, 0.25) is 5.91 Å². The molecule has 3 N–H and O–H groups in total. The van der Waals surface area contributed by atoms with Gasteiger partial charge < -0.3 is 16.0 Å². The Hall–Kier alpha value is -0.610. The van der Waals surface area contributed by atoms with Crippen molar-refractivity contribution in [2.75, 3.05) is 26.2 Å². The van der Waals surface area contributed by atoms with Gasteiger partial charge in [-0.25, -0.2) is 0 Å². The van der Waals surface area contributed by atoms with Crippen LogP contribution in [0.2, 0.25) is 0 Å². The molecule has 4 heteroatoms. The number of nitrogens with zero attached hydrogens (tertiary/aromatic N) is 1. The van der Waals surface area contributed by atoms with Crippen molar-refractivity contribution in [2.45, 2.75) is 38.6 Å². The molecule has 88 valence electrons. The van der Waals surface area contributed by atoms with Crippen molar-refractivity contribution in [3.63, 3.8) is 0 Å². The van der Waals surface area contributed by atoms with Gasteiger partial charge in [-0.15, -0.1) is 0 Å². The molecule has 4 nitrogen and oxygen atoms in total. The lowest BCUT2D eigenvalue weighted by molar-refractivity contribution is -0.124. The van der Waals surface area contributed by atoms with Gasteiger partial charge in [0.25, 0.3) is 0 Å². The number of hydrogen-bond donors (Lipinski definition) is 2. The minimum Gasteiger partial charge on any atom is -0.368 e. The number of nitrogens with one attached hydrogen (secondary N) is 1. The van der Waals surface area contributed by atoms with E-state index in [1.807, 2.05) is 6.92 Å². The molecule has 1 amide bonds. The number of amides is 1. The summed E-state index contributed by atoms with van der Waals surface area (Å²) >= 11 is 0. The number of hydrogen-bond acceptors (Lipinski definition) is 3. The highest BCUT2D eigenvalue weighted by molar-refractivity contribution is 5.84. The van der Waals surface area contributed by atoms with Gasteiger partial charge in [-0.3, -0.25) is 4.79 Å². The third kappa shape index (κ3) is 3.47. The summed E-state index contributed by atoms with van der Waals surface area (Å²) in [5.41, 5.74) is 4.89. The highest BCUT2D eigenvalue weighted by atomic mass is 16.1. The van der Waals surface area contributed by atoms with Gasteiger partial charge in [-0.2, -0.15) is 0 Å². The largest absolute Gasteiger partial charge is 0.368 e. The Balaban J connectivity index is 2.51. The zero-order chi connectivity index (χ0) is 11.3.